The average Bonchev–Trinajstić information content (AvgIpc) is 1.87. The molecule has 0 aliphatic rings. The Bertz CT molecular complexity index is 194. The van der Waals surface area contributed by atoms with Gasteiger partial charge in [0.1, 0.15) is 0 Å². The van der Waals surface area contributed by atoms with Gasteiger partial charge in [0.05, 0.1) is 6.04 Å². The van der Waals surface area contributed by atoms with Crippen molar-refractivity contribution in [2.75, 3.05) is 12.3 Å². The van der Waals surface area contributed by atoms with E-state index in [-0.39, 0.29) is 12.3 Å². The Hall–Kier alpha value is -0.380. The lowest BCUT2D eigenvalue weighted by Gasteiger charge is -2.11. The van der Waals surface area contributed by atoms with E-state index in [0.717, 1.165) is 0 Å². The summed E-state index contributed by atoms with van der Waals surface area (Å²) in [6, 6.07) is -1.01. The highest BCUT2D eigenvalue weighted by Gasteiger charge is 2.22. The topological polar surface area (TPSA) is 106 Å². The molecule has 0 heterocycles. The van der Waals surface area contributed by atoms with E-state index in [4.69, 9.17) is 16.4 Å². The van der Waals surface area contributed by atoms with Crippen molar-refractivity contribution in [2.45, 2.75) is 13.0 Å². The standard InChI is InChI=1S/C5H13N2O3P/c1-2-11(9,10)3-4(6)5(7)8/h4H,2-3,6H2,1H3,(H2,7,8)(H,9,10). The summed E-state index contributed by atoms with van der Waals surface area (Å²) in [5, 5.41) is 0. The van der Waals surface area contributed by atoms with E-state index in [1.807, 2.05) is 0 Å². The summed E-state index contributed by atoms with van der Waals surface area (Å²) in [6.45, 7) is 1.56. The zero-order valence-electron chi connectivity index (χ0n) is 6.36. The number of nitrogens with two attached hydrogens (primary N) is 2. The largest absolute Gasteiger partial charge is 0.368 e. The predicted molar refractivity (Wildman–Crippen MR) is 42.4 cm³/mol. The van der Waals surface area contributed by atoms with Crippen LogP contribution in [0.5, 0.6) is 0 Å². The molecule has 2 atom stereocenters. The maximum absolute atomic E-state index is 11.0. The fourth-order valence-electron chi connectivity index (χ4n) is 0.526. The minimum Gasteiger partial charge on any atom is -0.368 e. The fraction of sp³-hybridized carbons (Fsp3) is 0.800. The first kappa shape index (κ1) is 10.6. The molecule has 2 unspecified atom stereocenters. The van der Waals surface area contributed by atoms with Crippen molar-refractivity contribution in [3.05, 3.63) is 0 Å². The van der Waals surface area contributed by atoms with Crippen molar-refractivity contribution in [1.29, 1.82) is 0 Å². The molecular weight excluding hydrogens is 167 g/mol. The third-order valence-corrected chi connectivity index (χ3v) is 3.29. The third kappa shape index (κ3) is 4.14. The van der Waals surface area contributed by atoms with E-state index in [1.54, 1.807) is 6.92 Å². The minimum absolute atomic E-state index is 0.119. The lowest BCUT2D eigenvalue weighted by atomic mass is 10.3. The van der Waals surface area contributed by atoms with Gasteiger partial charge in [-0.2, -0.15) is 0 Å². The van der Waals surface area contributed by atoms with Gasteiger partial charge in [0.15, 0.2) is 0 Å². The predicted octanol–water partition coefficient (Wildman–Crippen LogP) is -0.911. The second kappa shape index (κ2) is 3.85. The summed E-state index contributed by atoms with van der Waals surface area (Å²) in [4.78, 5) is 19.4. The molecule has 0 saturated heterocycles. The summed E-state index contributed by atoms with van der Waals surface area (Å²) < 4.78 is 11.0. The molecule has 0 spiro atoms. The van der Waals surface area contributed by atoms with Crippen LogP contribution >= 0.6 is 7.37 Å². The van der Waals surface area contributed by atoms with Gasteiger partial charge in [0, 0.05) is 12.3 Å². The zero-order chi connectivity index (χ0) is 9.07. The lowest BCUT2D eigenvalue weighted by Crippen LogP contribution is -2.39. The molecule has 0 aliphatic heterocycles. The molecule has 11 heavy (non-hydrogen) atoms. The van der Waals surface area contributed by atoms with Crippen LogP contribution in [0.3, 0.4) is 0 Å². The molecule has 66 valence electrons. The normalized spacial score (nSPS) is 18.8. The van der Waals surface area contributed by atoms with Gasteiger partial charge in [-0.3, -0.25) is 9.36 Å². The van der Waals surface area contributed by atoms with Gasteiger partial charge in [0.2, 0.25) is 13.3 Å². The van der Waals surface area contributed by atoms with Crippen LogP contribution < -0.4 is 11.5 Å². The van der Waals surface area contributed by atoms with E-state index in [2.05, 4.69) is 0 Å². The highest BCUT2D eigenvalue weighted by atomic mass is 31.2. The quantitative estimate of drug-likeness (QED) is 0.487. The van der Waals surface area contributed by atoms with Crippen LogP contribution in [0.4, 0.5) is 0 Å². The second-order valence-electron chi connectivity index (χ2n) is 2.35. The summed E-state index contributed by atoms with van der Waals surface area (Å²) in [7, 11) is -3.21. The van der Waals surface area contributed by atoms with Crippen molar-refractivity contribution in [1.82, 2.24) is 0 Å². The molecule has 0 aliphatic carbocycles. The average molecular weight is 180 g/mol. The maximum atomic E-state index is 11.0. The Kier molecular flexibility index (Phi) is 3.72. The molecule has 0 fully saturated rings. The smallest absolute Gasteiger partial charge is 0.234 e. The van der Waals surface area contributed by atoms with Gasteiger partial charge in [0.25, 0.3) is 0 Å². The second-order valence-corrected chi connectivity index (χ2v) is 5.04. The molecular formula is C5H13N2O3P. The molecule has 0 rings (SSSR count). The van der Waals surface area contributed by atoms with Crippen molar-refractivity contribution in [3.8, 4) is 0 Å². The van der Waals surface area contributed by atoms with E-state index in [1.165, 1.54) is 0 Å². The van der Waals surface area contributed by atoms with Crippen LogP contribution in [0.1, 0.15) is 6.92 Å². The van der Waals surface area contributed by atoms with Gasteiger partial charge in [-0.1, -0.05) is 6.92 Å². The van der Waals surface area contributed by atoms with Crippen LogP contribution in [0.15, 0.2) is 0 Å². The molecule has 1 amide bonds. The van der Waals surface area contributed by atoms with Gasteiger partial charge in [-0.05, 0) is 0 Å². The van der Waals surface area contributed by atoms with Crippen molar-refractivity contribution in [2.24, 2.45) is 11.5 Å². The minimum atomic E-state index is -3.21. The van der Waals surface area contributed by atoms with E-state index in [0.29, 0.717) is 0 Å². The lowest BCUT2D eigenvalue weighted by molar-refractivity contribution is -0.118. The van der Waals surface area contributed by atoms with E-state index in [9.17, 15) is 9.36 Å². The molecule has 0 aromatic carbocycles. The number of hydrogen-bond donors (Lipinski definition) is 3. The van der Waals surface area contributed by atoms with Crippen molar-refractivity contribution in [3.63, 3.8) is 0 Å². The first-order chi connectivity index (χ1) is 4.89. The molecule has 0 bridgehead atoms. The van der Waals surface area contributed by atoms with Crippen LogP contribution in [-0.4, -0.2) is 29.2 Å². The molecule has 0 saturated carbocycles. The van der Waals surface area contributed by atoms with Crippen LogP contribution in [0, 0.1) is 0 Å². The van der Waals surface area contributed by atoms with Gasteiger partial charge >= 0.3 is 0 Å². The maximum Gasteiger partial charge on any atom is 0.234 e. The van der Waals surface area contributed by atoms with Gasteiger partial charge < -0.3 is 16.4 Å². The number of carbonyl (C=O) groups is 1. The molecule has 6 heteroatoms. The molecule has 5 N–H and O–H groups in total. The summed E-state index contributed by atoms with van der Waals surface area (Å²) in [5.41, 5.74) is 9.97. The van der Waals surface area contributed by atoms with E-state index >= 15 is 0 Å². The van der Waals surface area contributed by atoms with Crippen LogP contribution in [0.25, 0.3) is 0 Å². The monoisotopic (exact) mass is 180 g/mol. The Morgan fingerprint density at radius 1 is 1.73 bits per heavy atom. The van der Waals surface area contributed by atoms with Crippen molar-refractivity contribution < 1.29 is 14.3 Å². The van der Waals surface area contributed by atoms with Crippen molar-refractivity contribution >= 4 is 13.3 Å². The Morgan fingerprint density at radius 3 is 2.45 bits per heavy atom. The first-order valence-electron chi connectivity index (χ1n) is 3.25. The van der Waals surface area contributed by atoms with E-state index < -0.39 is 19.3 Å². The Labute approximate surface area is 65.2 Å². The summed E-state index contributed by atoms with van der Waals surface area (Å²) >= 11 is 0. The molecule has 0 aromatic rings. The molecule has 0 radical (unpaired) electrons. The molecule has 5 nitrogen and oxygen atoms in total. The number of carbonyl (C=O) groups excluding carboxylic acids is 1. The first-order valence-corrected chi connectivity index (χ1v) is 5.28. The third-order valence-electron chi connectivity index (χ3n) is 1.34. The van der Waals surface area contributed by atoms with Crippen LogP contribution in [-0.2, 0) is 9.36 Å². The van der Waals surface area contributed by atoms with Gasteiger partial charge in [-0.25, -0.2) is 0 Å². The van der Waals surface area contributed by atoms with Crippen LogP contribution in [0.2, 0.25) is 0 Å². The number of hydrogen-bond acceptors (Lipinski definition) is 3. The number of rotatable bonds is 4. The number of primary amides is 1. The highest BCUT2D eigenvalue weighted by molar-refractivity contribution is 7.58. The SMILES string of the molecule is CCP(=O)(O)CC(N)C(N)=O. The van der Waals surface area contributed by atoms with Gasteiger partial charge in [-0.15, -0.1) is 0 Å². The summed E-state index contributed by atoms with van der Waals surface area (Å²) in [6.07, 6.45) is -0.104. The zero-order valence-corrected chi connectivity index (χ0v) is 7.25. The number of amides is 1. The fourth-order valence-corrected chi connectivity index (χ4v) is 1.58. The summed E-state index contributed by atoms with van der Waals surface area (Å²) in [5.74, 6) is -0.743. The Balaban J connectivity index is 4.04. The highest BCUT2D eigenvalue weighted by Crippen LogP contribution is 2.39. The molecule has 0 aromatic heterocycles. The Morgan fingerprint density at radius 2 is 2.18 bits per heavy atom.